The number of aliphatic carboxylic acids is 1. The highest BCUT2D eigenvalue weighted by Crippen LogP contribution is 2.04. The van der Waals surface area contributed by atoms with Gasteiger partial charge in [0.05, 0.1) is 0 Å². The summed E-state index contributed by atoms with van der Waals surface area (Å²) in [6.45, 7) is 1.04. The van der Waals surface area contributed by atoms with Gasteiger partial charge in [-0.15, -0.1) is 0 Å². The minimum absolute atomic E-state index is 0.611. The van der Waals surface area contributed by atoms with Crippen LogP contribution in [0.2, 0.25) is 0 Å². The number of rotatable bonds is 4. The van der Waals surface area contributed by atoms with Crippen molar-refractivity contribution in [3.05, 3.63) is 0 Å². The Morgan fingerprint density at radius 3 is 1.92 bits per heavy atom. The number of Topliss-reactive ketones (excluding diaryl/α,β-unsaturated/α-hetero) is 1. The Hall–Kier alpha value is -0.950. The monoisotopic (exact) mass is 196 g/mol. The number of hydrogen-bond donors (Lipinski definition) is 2. The Morgan fingerprint density at radius 1 is 1.42 bits per heavy atom. The zero-order valence-corrected chi connectivity index (χ0v) is 7.04. The molecular formula is C5H8O6S. The first-order valence-corrected chi connectivity index (χ1v) is 4.44. The summed E-state index contributed by atoms with van der Waals surface area (Å²) in [5.74, 6) is -2.34. The van der Waals surface area contributed by atoms with Crippen molar-refractivity contribution in [3.8, 4) is 0 Å². The molecule has 6 nitrogen and oxygen atoms in total. The predicted octanol–water partition coefficient (Wildman–Crippen LogP) is -0.693. The molecule has 7 heteroatoms. The molecule has 1 atom stereocenters. The fourth-order valence-corrected chi connectivity index (χ4v) is 1.28. The van der Waals surface area contributed by atoms with Gasteiger partial charge in [-0.3, -0.25) is 14.1 Å². The molecule has 0 amide bonds. The maximum atomic E-state index is 10.4. The Morgan fingerprint density at radius 2 is 1.83 bits per heavy atom. The van der Waals surface area contributed by atoms with E-state index in [2.05, 4.69) is 0 Å². The summed E-state index contributed by atoms with van der Waals surface area (Å²) in [4.78, 5) is 20.6. The lowest BCUT2D eigenvalue weighted by Crippen LogP contribution is -2.31. The summed E-state index contributed by atoms with van der Waals surface area (Å²) in [5, 5.41) is 6.22. The average molecular weight is 196 g/mol. The molecular weight excluding hydrogens is 188 g/mol. The molecule has 1 unspecified atom stereocenters. The molecule has 0 heterocycles. The van der Waals surface area contributed by atoms with Crippen LogP contribution in [0.3, 0.4) is 0 Å². The minimum Gasteiger partial charge on any atom is -0.480 e. The van der Waals surface area contributed by atoms with Crippen molar-refractivity contribution in [2.75, 3.05) is 0 Å². The van der Waals surface area contributed by atoms with Crippen LogP contribution in [0.25, 0.3) is 0 Å². The first-order valence-electron chi connectivity index (χ1n) is 2.93. The molecule has 0 aliphatic rings. The van der Waals surface area contributed by atoms with Crippen molar-refractivity contribution >= 4 is 21.9 Å². The van der Waals surface area contributed by atoms with Crippen molar-refractivity contribution in [2.24, 2.45) is 0 Å². The highest BCUT2D eigenvalue weighted by atomic mass is 32.2. The van der Waals surface area contributed by atoms with E-state index in [4.69, 9.17) is 9.66 Å². The molecule has 0 aromatic carbocycles. The average Bonchev–Trinajstić information content (AvgIpc) is 1.79. The van der Waals surface area contributed by atoms with Gasteiger partial charge in [0.15, 0.2) is 5.25 Å². The van der Waals surface area contributed by atoms with E-state index in [0.717, 1.165) is 6.92 Å². The van der Waals surface area contributed by atoms with Gasteiger partial charge in [0.1, 0.15) is 5.78 Å². The summed E-state index contributed by atoms with van der Waals surface area (Å²) in [5.41, 5.74) is 0. The van der Waals surface area contributed by atoms with E-state index in [-0.39, 0.29) is 0 Å². The van der Waals surface area contributed by atoms with Gasteiger partial charge in [-0.25, -0.2) is 0 Å². The van der Waals surface area contributed by atoms with Crippen LogP contribution in [0.1, 0.15) is 13.3 Å². The van der Waals surface area contributed by atoms with Crippen LogP contribution in [0.5, 0.6) is 0 Å². The van der Waals surface area contributed by atoms with E-state index in [1.165, 1.54) is 0 Å². The second-order valence-corrected chi connectivity index (χ2v) is 3.85. The SMILES string of the molecule is CC(=O)CC(C(=O)O)S(=O)(=O)O. The smallest absolute Gasteiger partial charge is 0.324 e. The Labute approximate surface area is 68.9 Å². The molecule has 0 aromatic rings. The topological polar surface area (TPSA) is 109 Å². The number of hydrogen-bond acceptors (Lipinski definition) is 4. The zero-order chi connectivity index (χ0) is 9.94. The summed E-state index contributed by atoms with van der Waals surface area (Å²) >= 11 is 0. The quantitative estimate of drug-likeness (QED) is 0.576. The Kier molecular flexibility index (Phi) is 3.35. The summed E-state index contributed by atoms with van der Waals surface area (Å²) in [6, 6.07) is 0. The highest BCUT2D eigenvalue weighted by Gasteiger charge is 2.31. The largest absolute Gasteiger partial charge is 0.480 e. The minimum atomic E-state index is -4.68. The number of carboxylic acid groups (broad SMARTS) is 1. The fourth-order valence-electron chi connectivity index (χ4n) is 0.581. The van der Waals surface area contributed by atoms with Crippen molar-refractivity contribution < 1.29 is 27.7 Å². The third kappa shape index (κ3) is 3.44. The molecule has 0 saturated heterocycles. The normalized spacial score (nSPS) is 13.8. The lowest BCUT2D eigenvalue weighted by molar-refractivity contribution is -0.138. The van der Waals surface area contributed by atoms with E-state index in [1.54, 1.807) is 0 Å². The van der Waals surface area contributed by atoms with Crippen molar-refractivity contribution in [3.63, 3.8) is 0 Å². The van der Waals surface area contributed by atoms with Crippen LogP contribution >= 0.6 is 0 Å². The van der Waals surface area contributed by atoms with Gasteiger partial charge in [-0.2, -0.15) is 8.42 Å². The maximum absolute atomic E-state index is 10.4. The maximum Gasteiger partial charge on any atom is 0.324 e. The molecule has 0 spiro atoms. The number of carbonyl (C=O) groups is 2. The molecule has 2 N–H and O–H groups in total. The highest BCUT2D eigenvalue weighted by molar-refractivity contribution is 7.87. The second-order valence-electron chi connectivity index (χ2n) is 2.25. The van der Waals surface area contributed by atoms with Crippen LogP contribution in [0.4, 0.5) is 0 Å². The third-order valence-electron chi connectivity index (χ3n) is 1.11. The van der Waals surface area contributed by atoms with E-state index in [9.17, 15) is 18.0 Å². The lowest BCUT2D eigenvalue weighted by atomic mass is 10.2. The van der Waals surface area contributed by atoms with Gasteiger partial charge in [-0.05, 0) is 6.92 Å². The van der Waals surface area contributed by atoms with E-state index in [1.807, 2.05) is 0 Å². The Bertz CT molecular complexity index is 289. The van der Waals surface area contributed by atoms with Gasteiger partial charge in [0, 0.05) is 6.42 Å². The molecule has 0 rings (SSSR count). The van der Waals surface area contributed by atoms with Crippen molar-refractivity contribution in [1.82, 2.24) is 0 Å². The van der Waals surface area contributed by atoms with Crippen LogP contribution in [-0.2, 0) is 19.7 Å². The second kappa shape index (κ2) is 3.63. The number of carboxylic acids is 1. The first-order chi connectivity index (χ1) is 5.25. The molecule has 70 valence electrons. The third-order valence-corrected chi connectivity index (χ3v) is 2.20. The van der Waals surface area contributed by atoms with Gasteiger partial charge < -0.3 is 5.11 Å². The molecule has 0 bridgehead atoms. The van der Waals surface area contributed by atoms with Crippen molar-refractivity contribution in [1.29, 1.82) is 0 Å². The predicted molar refractivity (Wildman–Crippen MR) is 38.3 cm³/mol. The summed E-state index contributed by atoms with van der Waals surface area (Å²) < 4.78 is 29.0. The van der Waals surface area contributed by atoms with Gasteiger partial charge >= 0.3 is 5.97 Å². The first kappa shape index (κ1) is 11.1. The molecule has 0 aliphatic heterocycles. The van der Waals surface area contributed by atoms with Crippen LogP contribution in [0.15, 0.2) is 0 Å². The summed E-state index contributed by atoms with van der Waals surface area (Å²) in [7, 11) is -4.68. The van der Waals surface area contributed by atoms with Gasteiger partial charge in [0.2, 0.25) is 0 Å². The van der Waals surface area contributed by atoms with Crippen LogP contribution < -0.4 is 0 Å². The lowest BCUT2D eigenvalue weighted by Gasteiger charge is -2.05. The van der Waals surface area contributed by atoms with Gasteiger partial charge in [0.25, 0.3) is 10.1 Å². The van der Waals surface area contributed by atoms with Crippen molar-refractivity contribution in [2.45, 2.75) is 18.6 Å². The van der Waals surface area contributed by atoms with Crippen LogP contribution in [0, 0.1) is 0 Å². The molecule has 0 aromatic heterocycles. The zero-order valence-electron chi connectivity index (χ0n) is 6.22. The molecule has 0 fully saturated rings. The molecule has 0 aliphatic carbocycles. The number of ketones is 1. The summed E-state index contributed by atoms with van der Waals surface area (Å²) in [6.07, 6.45) is -0.714. The van der Waals surface area contributed by atoms with E-state index >= 15 is 0 Å². The standard InChI is InChI=1S/C5H8O6S/c1-3(6)2-4(5(7)8)12(9,10)11/h4H,2H2,1H3,(H,7,8)(H,9,10,11). The fraction of sp³-hybridized carbons (Fsp3) is 0.600. The molecule has 0 radical (unpaired) electrons. The molecule has 12 heavy (non-hydrogen) atoms. The van der Waals surface area contributed by atoms with Gasteiger partial charge in [-0.1, -0.05) is 0 Å². The van der Waals surface area contributed by atoms with Crippen LogP contribution in [-0.4, -0.2) is 35.1 Å². The number of carbonyl (C=O) groups excluding carboxylic acids is 1. The molecule has 0 saturated carbocycles. The van der Waals surface area contributed by atoms with E-state index in [0.29, 0.717) is 0 Å². The van der Waals surface area contributed by atoms with E-state index < -0.39 is 33.5 Å². The Balaban J connectivity index is 4.70.